The molecule has 1 aliphatic heterocycles. The van der Waals surface area contributed by atoms with Gasteiger partial charge in [-0.1, -0.05) is 0 Å². The molecule has 0 saturated carbocycles. The minimum absolute atomic E-state index is 0.0243. The first kappa shape index (κ1) is 19.6. The number of nitrogens with zero attached hydrogens (tertiary/aromatic N) is 1. The Morgan fingerprint density at radius 1 is 1.12 bits per heavy atom. The number of piperidine rings is 1. The summed E-state index contributed by atoms with van der Waals surface area (Å²) in [6, 6.07) is 5.72. The standard InChI is InChI=1S/C18H25N3O5/c1-18(2,3)26-17(25)20-14-8-10-21(11-9-14)16(24)19-13-6-4-12(5-7-13)15(22)23/h4-7,14H,8-11H2,1-3H3,(H,19,24)(H,20,25)(H,22,23). The fraction of sp³-hybridized carbons (Fsp3) is 0.500. The number of ether oxygens (including phenoxy) is 1. The first-order valence-electron chi connectivity index (χ1n) is 8.53. The van der Waals surface area contributed by atoms with E-state index in [-0.39, 0.29) is 17.6 Å². The van der Waals surface area contributed by atoms with Crippen molar-refractivity contribution in [1.82, 2.24) is 10.2 Å². The maximum atomic E-state index is 12.3. The Labute approximate surface area is 152 Å². The van der Waals surface area contributed by atoms with E-state index in [2.05, 4.69) is 10.6 Å². The summed E-state index contributed by atoms with van der Waals surface area (Å²) >= 11 is 0. The third-order valence-electron chi connectivity index (χ3n) is 3.89. The second-order valence-electron chi connectivity index (χ2n) is 7.22. The molecule has 0 bridgehead atoms. The molecule has 0 aliphatic carbocycles. The summed E-state index contributed by atoms with van der Waals surface area (Å²) in [5.74, 6) is -1.01. The molecular weight excluding hydrogens is 338 g/mol. The summed E-state index contributed by atoms with van der Waals surface area (Å²) in [5, 5.41) is 14.4. The fourth-order valence-corrected chi connectivity index (χ4v) is 2.60. The largest absolute Gasteiger partial charge is 0.478 e. The van der Waals surface area contributed by atoms with Crippen LogP contribution >= 0.6 is 0 Å². The van der Waals surface area contributed by atoms with Crippen LogP contribution in [0.2, 0.25) is 0 Å². The summed E-state index contributed by atoms with van der Waals surface area (Å²) < 4.78 is 5.24. The minimum Gasteiger partial charge on any atom is -0.478 e. The number of carboxylic acids is 1. The number of likely N-dealkylation sites (tertiary alicyclic amines) is 1. The van der Waals surface area contributed by atoms with Crippen LogP contribution in [0.15, 0.2) is 24.3 Å². The van der Waals surface area contributed by atoms with Gasteiger partial charge in [-0.15, -0.1) is 0 Å². The Kier molecular flexibility index (Phi) is 6.07. The van der Waals surface area contributed by atoms with Crippen LogP contribution in [0.25, 0.3) is 0 Å². The van der Waals surface area contributed by atoms with Crippen molar-refractivity contribution in [2.45, 2.75) is 45.3 Å². The number of nitrogens with one attached hydrogen (secondary N) is 2. The van der Waals surface area contributed by atoms with Gasteiger partial charge in [0.25, 0.3) is 0 Å². The number of carboxylic acid groups (broad SMARTS) is 1. The van der Waals surface area contributed by atoms with Gasteiger partial charge in [0.05, 0.1) is 5.56 Å². The first-order chi connectivity index (χ1) is 12.1. The van der Waals surface area contributed by atoms with Gasteiger partial charge in [0, 0.05) is 24.8 Å². The van der Waals surface area contributed by atoms with Crippen molar-refractivity contribution in [2.75, 3.05) is 18.4 Å². The van der Waals surface area contributed by atoms with E-state index >= 15 is 0 Å². The number of carbonyl (C=O) groups is 3. The quantitative estimate of drug-likeness (QED) is 0.765. The number of carbonyl (C=O) groups excluding carboxylic acids is 2. The van der Waals surface area contributed by atoms with Crippen molar-refractivity contribution in [2.24, 2.45) is 0 Å². The predicted octanol–water partition coefficient (Wildman–Crippen LogP) is 2.91. The van der Waals surface area contributed by atoms with Crippen LogP contribution in [0.3, 0.4) is 0 Å². The van der Waals surface area contributed by atoms with Crippen LogP contribution in [-0.4, -0.2) is 52.8 Å². The van der Waals surface area contributed by atoms with Crippen molar-refractivity contribution in [3.05, 3.63) is 29.8 Å². The molecular formula is C18H25N3O5. The van der Waals surface area contributed by atoms with Crippen LogP contribution in [0.1, 0.15) is 44.0 Å². The smallest absolute Gasteiger partial charge is 0.407 e. The zero-order valence-corrected chi connectivity index (χ0v) is 15.2. The van der Waals surface area contributed by atoms with Crippen molar-refractivity contribution >= 4 is 23.8 Å². The number of aromatic carboxylic acids is 1. The maximum Gasteiger partial charge on any atom is 0.407 e. The Bertz CT molecular complexity index is 658. The Morgan fingerprint density at radius 3 is 2.19 bits per heavy atom. The highest BCUT2D eigenvalue weighted by Crippen LogP contribution is 2.15. The second-order valence-corrected chi connectivity index (χ2v) is 7.22. The molecule has 1 saturated heterocycles. The molecule has 26 heavy (non-hydrogen) atoms. The third-order valence-corrected chi connectivity index (χ3v) is 3.89. The Balaban J connectivity index is 1.79. The number of amides is 3. The second kappa shape index (κ2) is 8.07. The highest BCUT2D eigenvalue weighted by molar-refractivity contribution is 5.91. The number of anilines is 1. The molecule has 0 radical (unpaired) electrons. The molecule has 3 N–H and O–H groups in total. The molecule has 1 aromatic carbocycles. The molecule has 0 atom stereocenters. The van der Waals surface area contributed by atoms with Crippen LogP contribution in [0.5, 0.6) is 0 Å². The van der Waals surface area contributed by atoms with Crippen LogP contribution in [0, 0.1) is 0 Å². The lowest BCUT2D eigenvalue weighted by molar-refractivity contribution is 0.0485. The first-order valence-corrected chi connectivity index (χ1v) is 8.53. The minimum atomic E-state index is -1.01. The molecule has 0 spiro atoms. The average Bonchev–Trinajstić information content (AvgIpc) is 2.54. The molecule has 1 aromatic rings. The Hall–Kier alpha value is -2.77. The molecule has 0 aromatic heterocycles. The van der Waals surface area contributed by atoms with Gasteiger partial charge in [0.2, 0.25) is 0 Å². The summed E-state index contributed by atoms with van der Waals surface area (Å²) in [4.78, 5) is 36.6. The van der Waals surface area contributed by atoms with Gasteiger partial charge in [-0.3, -0.25) is 0 Å². The molecule has 3 amide bonds. The lowest BCUT2D eigenvalue weighted by Gasteiger charge is -2.32. The average molecular weight is 363 g/mol. The van der Waals surface area contributed by atoms with Crippen molar-refractivity contribution < 1.29 is 24.2 Å². The molecule has 8 heteroatoms. The molecule has 8 nitrogen and oxygen atoms in total. The molecule has 2 rings (SSSR count). The van der Waals surface area contributed by atoms with Crippen LogP contribution < -0.4 is 10.6 Å². The molecule has 142 valence electrons. The topological polar surface area (TPSA) is 108 Å². The molecule has 1 heterocycles. The fourth-order valence-electron chi connectivity index (χ4n) is 2.60. The van der Waals surface area contributed by atoms with E-state index in [1.54, 1.807) is 17.0 Å². The van der Waals surface area contributed by atoms with Gasteiger partial charge < -0.3 is 25.4 Å². The number of hydrogen-bond acceptors (Lipinski definition) is 4. The van der Waals surface area contributed by atoms with Crippen LogP contribution in [0.4, 0.5) is 15.3 Å². The van der Waals surface area contributed by atoms with Crippen molar-refractivity contribution in [1.29, 1.82) is 0 Å². The summed E-state index contributed by atoms with van der Waals surface area (Å²) in [6.07, 6.45) is 0.841. The molecule has 1 aliphatic rings. The van der Waals surface area contributed by atoms with Gasteiger partial charge in [-0.05, 0) is 57.9 Å². The summed E-state index contributed by atoms with van der Waals surface area (Å²) in [5.41, 5.74) is 0.159. The number of hydrogen-bond donors (Lipinski definition) is 3. The van der Waals surface area contributed by atoms with Crippen LogP contribution in [-0.2, 0) is 4.74 Å². The van der Waals surface area contributed by atoms with E-state index < -0.39 is 17.7 Å². The lowest BCUT2D eigenvalue weighted by Crippen LogP contribution is -2.48. The van der Waals surface area contributed by atoms with E-state index in [9.17, 15) is 14.4 Å². The van der Waals surface area contributed by atoms with E-state index in [4.69, 9.17) is 9.84 Å². The van der Waals surface area contributed by atoms with E-state index in [0.29, 0.717) is 31.6 Å². The van der Waals surface area contributed by atoms with Gasteiger partial charge >= 0.3 is 18.1 Å². The monoisotopic (exact) mass is 363 g/mol. The highest BCUT2D eigenvalue weighted by Gasteiger charge is 2.25. The normalized spacial score (nSPS) is 15.3. The van der Waals surface area contributed by atoms with E-state index in [1.807, 2.05) is 20.8 Å². The number of rotatable bonds is 3. The van der Waals surface area contributed by atoms with Gasteiger partial charge in [-0.25, -0.2) is 14.4 Å². The van der Waals surface area contributed by atoms with Gasteiger partial charge in [0.15, 0.2) is 0 Å². The molecule has 1 fully saturated rings. The molecule has 0 unspecified atom stereocenters. The lowest BCUT2D eigenvalue weighted by atomic mass is 10.1. The van der Waals surface area contributed by atoms with Gasteiger partial charge in [0.1, 0.15) is 5.60 Å². The maximum absolute atomic E-state index is 12.3. The predicted molar refractivity (Wildman–Crippen MR) is 96.4 cm³/mol. The van der Waals surface area contributed by atoms with Crippen molar-refractivity contribution in [3.8, 4) is 0 Å². The summed E-state index contributed by atoms with van der Waals surface area (Å²) in [6.45, 7) is 6.45. The van der Waals surface area contributed by atoms with E-state index in [0.717, 1.165) is 0 Å². The summed E-state index contributed by atoms with van der Waals surface area (Å²) in [7, 11) is 0. The Morgan fingerprint density at radius 2 is 1.69 bits per heavy atom. The SMILES string of the molecule is CC(C)(C)OC(=O)NC1CCN(C(=O)Nc2ccc(C(=O)O)cc2)CC1. The highest BCUT2D eigenvalue weighted by atomic mass is 16.6. The third kappa shape index (κ3) is 5.94. The number of urea groups is 1. The van der Waals surface area contributed by atoms with E-state index in [1.165, 1.54) is 12.1 Å². The number of benzene rings is 1. The number of alkyl carbamates (subject to hydrolysis) is 1. The zero-order valence-electron chi connectivity index (χ0n) is 15.2. The van der Waals surface area contributed by atoms with Gasteiger partial charge in [-0.2, -0.15) is 0 Å². The zero-order chi connectivity index (χ0) is 19.3. The van der Waals surface area contributed by atoms with Crippen molar-refractivity contribution in [3.63, 3.8) is 0 Å².